The van der Waals surface area contributed by atoms with Crippen LogP contribution in [0, 0.1) is 12.3 Å². The molecule has 0 radical (unpaired) electrons. The minimum Gasteiger partial charge on any atom is -0.240 e. The highest BCUT2D eigenvalue weighted by molar-refractivity contribution is 5.34. The average molecular weight is 224 g/mol. The van der Waals surface area contributed by atoms with E-state index in [1.807, 2.05) is 42.6 Å². The predicted octanol–water partition coefficient (Wildman–Crippen LogP) is 3.44. The Morgan fingerprint density at radius 3 is 2.53 bits per heavy atom. The van der Waals surface area contributed by atoms with Crippen LogP contribution < -0.4 is 0 Å². The molecule has 0 saturated carbocycles. The summed E-state index contributed by atoms with van der Waals surface area (Å²) < 4.78 is 1.76. The highest BCUT2D eigenvalue weighted by Crippen LogP contribution is 2.06. The minimum absolute atomic E-state index is 0.795. The summed E-state index contributed by atoms with van der Waals surface area (Å²) >= 11 is 0. The number of nitrogens with zero attached hydrogens (tertiary/aromatic N) is 2. The predicted molar refractivity (Wildman–Crippen MR) is 72.0 cm³/mol. The quantitative estimate of drug-likeness (QED) is 0.564. The molecule has 2 rings (SSSR count). The van der Waals surface area contributed by atoms with Crippen LogP contribution in [0.25, 0.3) is 5.69 Å². The molecule has 2 heteroatoms. The Kier molecular flexibility index (Phi) is 5.33. The first kappa shape index (κ1) is 12.8. The molecule has 0 spiro atoms. The van der Waals surface area contributed by atoms with Crippen LogP contribution in [0.4, 0.5) is 0 Å². The summed E-state index contributed by atoms with van der Waals surface area (Å²) in [7, 11) is 0. The Bertz CT molecular complexity index is 489. The molecule has 0 saturated heterocycles. The molecule has 17 heavy (non-hydrogen) atoms. The molecule has 86 valence electrons. The van der Waals surface area contributed by atoms with Gasteiger partial charge in [0.2, 0.25) is 0 Å². The molecule has 0 unspecified atom stereocenters. The molecule has 0 N–H and O–H groups in total. The number of para-hydroxylation sites is 1. The number of allylic oxidation sites excluding steroid dienone is 1. The molecule has 0 atom stereocenters. The van der Waals surface area contributed by atoms with E-state index >= 15 is 0 Å². The first-order valence-electron chi connectivity index (χ1n) is 5.49. The summed E-state index contributed by atoms with van der Waals surface area (Å²) in [6.45, 7) is 5.54. The van der Waals surface area contributed by atoms with Gasteiger partial charge in [-0.25, -0.2) is 4.68 Å². The average Bonchev–Trinajstić information content (AvgIpc) is 2.89. The number of aromatic nitrogens is 2. The molecule has 0 aliphatic carbocycles. The van der Waals surface area contributed by atoms with Crippen molar-refractivity contribution in [3.8, 4) is 18.0 Å². The van der Waals surface area contributed by atoms with Crippen molar-refractivity contribution in [1.82, 2.24) is 9.78 Å². The lowest BCUT2D eigenvalue weighted by Crippen LogP contribution is -1.92. The Labute approximate surface area is 103 Å². The first-order chi connectivity index (χ1) is 8.31. The second-order valence-corrected chi connectivity index (χ2v) is 3.35. The lowest BCUT2D eigenvalue weighted by atomic mass is 10.3. The number of hydrogen-bond acceptors (Lipinski definition) is 1. The molecule has 1 aromatic carbocycles. The van der Waals surface area contributed by atoms with Gasteiger partial charge < -0.3 is 0 Å². The molecule has 2 nitrogen and oxygen atoms in total. The maximum Gasteiger partial charge on any atom is 0.0651 e. The van der Waals surface area contributed by atoms with E-state index in [4.69, 9.17) is 6.42 Å². The third-order valence-corrected chi connectivity index (χ3v) is 2.06. The molecular formula is C15H16N2. The monoisotopic (exact) mass is 224 g/mol. The van der Waals surface area contributed by atoms with Gasteiger partial charge in [-0.3, -0.25) is 0 Å². The standard InChI is InChI=1S/C11H8N2.C4H8/c1-2-10-8-12-13(9-10)11-6-4-3-5-7-11;1-3-4-2/h1,3-9H;3H,1,4H2,2H3. The third kappa shape index (κ3) is 4.00. The Morgan fingerprint density at radius 2 is 2.06 bits per heavy atom. The number of rotatable bonds is 2. The largest absolute Gasteiger partial charge is 0.240 e. The van der Waals surface area contributed by atoms with Crippen molar-refractivity contribution in [1.29, 1.82) is 0 Å². The van der Waals surface area contributed by atoms with E-state index in [0.29, 0.717) is 0 Å². The van der Waals surface area contributed by atoms with Gasteiger partial charge >= 0.3 is 0 Å². The molecule has 0 aliphatic rings. The summed E-state index contributed by atoms with van der Waals surface area (Å²) in [5.41, 5.74) is 1.81. The maximum atomic E-state index is 5.24. The smallest absolute Gasteiger partial charge is 0.0651 e. The lowest BCUT2D eigenvalue weighted by Gasteiger charge is -1.97. The molecule has 0 bridgehead atoms. The highest BCUT2D eigenvalue weighted by Gasteiger charge is 1.96. The fraction of sp³-hybridized carbons (Fsp3) is 0.133. The van der Waals surface area contributed by atoms with E-state index in [9.17, 15) is 0 Å². The van der Waals surface area contributed by atoms with Crippen molar-refractivity contribution < 1.29 is 0 Å². The van der Waals surface area contributed by atoms with E-state index in [2.05, 4.69) is 24.5 Å². The van der Waals surface area contributed by atoms with Gasteiger partial charge in [0.15, 0.2) is 0 Å². The van der Waals surface area contributed by atoms with Crippen molar-refractivity contribution in [2.75, 3.05) is 0 Å². The van der Waals surface area contributed by atoms with Crippen molar-refractivity contribution in [3.63, 3.8) is 0 Å². The van der Waals surface area contributed by atoms with Crippen LogP contribution in [0.15, 0.2) is 55.4 Å². The number of hydrogen-bond donors (Lipinski definition) is 0. The van der Waals surface area contributed by atoms with Gasteiger partial charge in [0.25, 0.3) is 0 Å². The Balaban J connectivity index is 0.000000317. The first-order valence-corrected chi connectivity index (χ1v) is 5.49. The number of terminal acetylenes is 1. The third-order valence-electron chi connectivity index (χ3n) is 2.06. The Morgan fingerprint density at radius 1 is 1.41 bits per heavy atom. The van der Waals surface area contributed by atoms with Gasteiger partial charge in [-0.2, -0.15) is 5.10 Å². The molecule has 0 fully saturated rings. The van der Waals surface area contributed by atoms with E-state index in [-0.39, 0.29) is 0 Å². The summed E-state index contributed by atoms with van der Waals surface area (Å²) in [4.78, 5) is 0. The van der Waals surface area contributed by atoms with E-state index in [0.717, 1.165) is 17.7 Å². The second-order valence-electron chi connectivity index (χ2n) is 3.35. The minimum atomic E-state index is 0.795. The molecule has 2 aromatic rings. The van der Waals surface area contributed by atoms with E-state index in [1.165, 1.54) is 0 Å². The van der Waals surface area contributed by atoms with Crippen molar-refractivity contribution >= 4 is 0 Å². The fourth-order valence-electron chi connectivity index (χ4n) is 1.12. The van der Waals surface area contributed by atoms with Crippen molar-refractivity contribution in [2.24, 2.45) is 0 Å². The van der Waals surface area contributed by atoms with Crippen molar-refractivity contribution in [2.45, 2.75) is 13.3 Å². The van der Waals surface area contributed by atoms with Crippen LogP contribution >= 0.6 is 0 Å². The lowest BCUT2D eigenvalue weighted by molar-refractivity contribution is 0.880. The normalized spacial score (nSPS) is 8.71. The summed E-state index contributed by atoms with van der Waals surface area (Å²) in [5, 5.41) is 4.13. The number of benzene rings is 1. The molecular weight excluding hydrogens is 208 g/mol. The Hall–Kier alpha value is -2.27. The molecule has 0 amide bonds. The van der Waals surface area contributed by atoms with E-state index < -0.39 is 0 Å². The van der Waals surface area contributed by atoms with Crippen LogP contribution in [0.2, 0.25) is 0 Å². The van der Waals surface area contributed by atoms with Gasteiger partial charge in [0.05, 0.1) is 17.4 Å². The zero-order chi connectivity index (χ0) is 12.5. The van der Waals surface area contributed by atoms with Crippen molar-refractivity contribution in [3.05, 3.63) is 60.9 Å². The molecule has 0 aliphatic heterocycles. The molecule has 1 heterocycles. The summed E-state index contributed by atoms with van der Waals surface area (Å²) in [6, 6.07) is 9.86. The van der Waals surface area contributed by atoms with Crippen LogP contribution in [-0.4, -0.2) is 9.78 Å². The highest BCUT2D eigenvalue weighted by atomic mass is 15.3. The SMILES string of the molecule is C#Cc1cnn(-c2ccccc2)c1.C=CCC. The zero-order valence-electron chi connectivity index (χ0n) is 10.0. The maximum absolute atomic E-state index is 5.24. The van der Waals surface area contributed by atoms with Gasteiger partial charge in [0, 0.05) is 6.20 Å². The topological polar surface area (TPSA) is 17.8 Å². The van der Waals surface area contributed by atoms with Gasteiger partial charge in [-0.1, -0.05) is 37.1 Å². The van der Waals surface area contributed by atoms with Gasteiger partial charge in [-0.05, 0) is 18.6 Å². The fourth-order valence-corrected chi connectivity index (χ4v) is 1.12. The van der Waals surface area contributed by atoms with Gasteiger partial charge in [-0.15, -0.1) is 13.0 Å². The van der Waals surface area contributed by atoms with Crippen LogP contribution in [0.3, 0.4) is 0 Å². The van der Waals surface area contributed by atoms with Crippen LogP contribution in [0.5, 0.6) is 0 Å². The van der Waals surface area contributed by atoms with Gasteiger partial charge in [0.1, 0.15) is 0 Å². The zero-order valence-corrected chi connectivity index (χ0v) is 10.0. The van der Waals surface area contributed by atoms with Crippen LogP contribution in [-0.2, 0) is 0 Å². The summed E-state index contributed by atoms with van der Waals surface area (Å²) in [6.07, 6.45) is 11.7. The second kappa shape index (κ2) is 7.08. The van der Waals surface area contributed by atoms with E-state index in [1.54, 1.807) is 10.9 Å². The summed E-state index contributed by atoms with van der Waals surface area (Å²) in [5.74, 6) is 2.53. The molecule has 1 aromatic heterocycles. The van der Waals surface area contributed by atoms with Crippen LogP contribution in [0.1, 0.15) is 18.9 Å².